The summed E-state index contributed by atoms with van der Waals surface area (Å²) >= 11 is 1.67. The molecule has 1 saturated heterocycles. The Balaban J connectivity index is 1.89. The molecule has 1 N–H and O–H groups in total. The fourth-order valence-electron chi connectivity index (χ4n) is 1.86. The minimum absolute atomic E-state index is 0.0118. The zero-order chi connectivity index (χ0) is 12.4. The van der Waals surface area contributed by atoms with Crippen molar-refractivity contribution in [1.82, 2.24) is 10.2 Å². The molecule has 1 heterocycles. The van der Waals surface area contributed by atoms with Crippen LogP contribution in [-0.4, -0.2) is 40.9 Å². The van der Waals surface area contributed by atoms with Gasteiger partial charge >= 0.3 is 0 Å². The lowest BCUT2D eigenvalue weighted by Gasteiger charge is -2.23. The van der Waals surface area contributed by atoms with Crippen molar-refractivity contribution in [3.05, 3.63) is 0 Å². The molecule has 0 aromatic rings. The molecule has 1 aliphatic carbocycles. The molecule has 0 bridgehead atoms. The number of hydrogen-bond donors (Lipinski definition) is 1. The smallest absolute Gasteiger partial charge is 0.243 e. The molecule has 2 rings (SSSR count). The molecule has 4 nitrogen and oxygen atoms in total. The van der Waals surface area contributed by atoms with Crippen LogP contribution in [0.5, 0.6) is 0 Å². The second-order valence-corrected chi connectivity index (χ2v) is 6.24. The molecule has 0 spiro atoms. The van der Waals surface area contributed by atoms with Crippen molar-refractivity contribution in [3.8, 4) is 0 Å². The lowest BCUT2D eigenvalue weighted by atomic mass is 10.2. The summed E-state index contributed by atoms with van der Waals surface area (Å²) in [5.74, 6) is 2.25. The third kappa shape index (κ3) is 3.15. The van der Waals surface area contributed by atoms with E-state index >= 15 is 0 Å². The van der Waals surface area contributed by atoms with E-state index < -0.39 is 0 Å². The zero-order valence-electron chi connectivity index (χ0n) is 10.4. The summed E-state index contributed by atoms with van der Waals surface area (Å²) in [6.45, 7) is 4.82. The van der Waals surface area contributed by atoms with Gasteiger partial charge in [-0.05, 0) is 18.8 Å². The molecule has 1 atom stereocenters. The van der Waals surface area contributed by atoms with E-state index in [1.807, 2.05) is 0 Å². The number of hydrogen-bond acceptors (Lipinski definition) is 3. The van der Waals surface area contributed by atoms with Crippen molar-refractivity contribution in [2.24, 2.45) is 11.8 Å². The van der Waals surface area contributed by atoms with Crippen molar-refractivity contribution in [1.29, 1.82) is 0 Å². The van der Waals surface area contributed by atoms with Crippen molar-refractivity contribution >= 4 is 23.6 Å². The van der Waals surface area contributed by atoms with Crippen molar-refractivity contribution in [2.75, 3.05) is 18.2 Å². The molecule has 5 heteroatoms. The second-order valence-electron chi connectivity index (χ2n) is 5.24. The first-order valence-electron chi connectivity index (χ1n) is 6.25. The maximum Gasteiger partial charge on any atom is 0.243 e. The van der Waals surface area contributed by atoms with Gasteiger partial charge < -0.3 is 10.2 Å². The quantitative estimate of drug-likeness (QED) is 0.818. The largest absolute Gasteiger partial charge is 0.354 e. The van der Waals surface area contributed by atoms with E-state index in [0.29, 0.717) is 18.3 Å². The van der Waals surface area contributed by atoms with Gasteiger partial charge in [0.15, 0.2) is 0 Å². The lowest BCUT2D eigenvalue weighted by molar-refractivity contribution is -0.139. The molecule has 1 saturated carbocycles. The van der Waals surface area contributed by atoms with Gasteiger partial charge in [-0.15, -0.1) is 11.8 Å². The van der Waals surface area contributed by atoms with E-state index in [1.54, 1.807) is 16.7 Å². The van der Waals surface area contributed by atoms with Gasteiger partial charge in [-0.25, -0.2) is 0 Å². The Morgan fingerprint density at radius 2 is 2.12 bits per heavy atom. The summed E-state index contributed by atoms with van der Waals surface area (Å²) in [5, 5.41) is 2.92. The number of nitrogens with zero attached hydrogens (tertiary/aromatic N) is 1. The van der Waals surface area contributed by atoms with E-state index in [9.17, 15) is 9.59 Å². The highest BCUT2D eigenvalue weighted by atomic mass is 32.2. The summed E-state index contributed by atoms with van der Waals surface area (Å²) in [6, 6.07) is -0.244. The van der Waals surface area contributed by atoms with Crippen LogP contribution >= 0.6 is 11.8 Å². The van der Waals surface area contributed by atoms with Crippen LogP contribution in [-0.2, 0) is 9.59 Å². The first-order valence-corrected chi connectivity index (χ1v) is 7.41. The number of rotatable bonds is 4. The van der Waals surface area contributed by atoms with E-state index in [-0.39, 0.29) is 23.8 Å². The number of amides is 2. The molecule has 96 valence electrons. The molecule has 2 amide bonds. The molecule has 2 aliphatic rings. The van der Waals surface area contributed by atoms with Gasteiger partial charge in [0.25, 0.3) is 0 Å². The van der Waals surface area contributed by atoms with Crippen LogP contribution in [0.1, 0.15) is 26.7 Å². The predicted molar refractivity (Wildman–Crippen MR) is 68.5 cm³/mol. The van der Waals surface area contributed by atoms with Gasteiger partial charge in [0.2, 0.25) is 11.8 Å². The Kier molecular flexibility index (Phi) is 3.97. The fourth-order valence-corrected chi connectivity index (χ4v) is 3.03. The average Bonchev–Trinajstić information content (AvgIpc) is 3.02. The zero-order valence-corrected chi connectivity index (χ0v) is 11.3. The summed E-state index contributed by atoms with van der Waals surface area (Å²) in [6.07, 6.45) is 2.00. The number of thioether (sulfide) groups is 1. The second kappa shape index (κ2) is 5.29. The van der Waals surface area contributed by atoms with Crippen LogP contribution in [0, 0.1) is 11.8 Å². The minimum atomic E-state index is -0.244. The highest BCUT2D eigenvalue weighted by Crippen LogP contribution is 2.34. The normalized spacial score (nSPS) is 24.2. The Labute approximate surface area is 106 Å². The van der Waals surface area contributed by atoms with Gasteiger partial charge in [0, 0.05) is 18.2 Å². The number of nitrogens with one attached hydrogen (secondary N) is 1. The lowest BCUT2D eigenvalue weighted by Crippen LogP contribution is -2.48. The van der Waals surface area contributed by atoms with E-state index in [0.717, 1.165) is 18.6 Å². The van der Waals surface area contributed by atoms with Crippen LogP contribution in [0.4, 0.5) is 0 Å². The minimum Gasteiger partial charge on any atom is -0.354 e. The molecule has 17 heavy (non-hydrogen) atoms. The van der Waals surface area contributed by atoms with Crippen molar-refractivity contribution in [2.45, 2.75) is 32.7 Å². The molecule has 0 aromatic carbocycles. The Bertz CT molecular complexity index is 316. The van der Waals surface area contributed by atoms with Gasteiger partial charge in [0.1, 0.15) is 6.04 Å². The molecular weight excluding hydrogens is 236 g/mol. The van der Waals surface area contributed by atoms with Crippen LogP contribution in [0.15, 0.2) is 0 Å². The Morgan fingerprint density at radius 3 is 2.71 bits per heavy atom. The maximum absolute atomic E-state index is 12.0. The van der Waals surface area contributed by atoms with Gasteiger partial charge in [-0.3, -0.25) is 9.59 Å². The average molecular weight is 256 g/mol. The van der Waals surface area contributed by atoms with Gasteiger partial charge in [0.05, 0.1) is 5.88 Å². The first kappa shape index (κ1) is 12.7. The highest BCUT2D eigenvalue weighted by molar-refractivity contribution is 7.99. The third-order valence-corrected chi connectivity index (χ3v) is 4.09. The molecule has 0 radical (unpaired) electrons. The highest BCUT2D eigenvalue weighted by Gasteiger charge is 2.41. The summed E-state index contributed by atoms with van der Waals surface area (Å²) in [5.41, 5.74) is 0. The molecule has 2 fully saturated rings. The van der Waals surface area contributed by atoms with Crippen LogP contribution in [0.3, 0.4) is 0 Å². The SMILES string of the molecule is CC(C)CNC(=O)C1CSCN1C(=O)C1CC1. The number of carbonyl (C=O) groups is 2. The molecule has 1 unspecified atom stereocenters. The Morgan fingerprint density at radius 1 is 1.41 bits per heavy atom. The van der Waals surface area contributed by atoms with Gasteiger partial charge in [-0.2, -0.15) is 0 Å². The Hall–Kier alpha value is -0.710. The summed E-state index contributed by atoms with van der Waals surface area (Å²) in [7, 11) is 0. The topological polar surface area (TPSA) is 49.4 Å². The summed E-state index contributed by atoms with van der Waals surface area (Å²) in [4.78, 5) is 25.7. The van der Waals surface area contributed by atoms with E-state index in [2.05, 4.69) is 19.2 Å². The maximum atomic E-state index is 12.0. The van der Waals surface area contributed by atoms with Crippen molar-refractivity contribution in [3.63, 3.8) is 0 Å². The van der Waals surface area contributed by atoms with Crippen molar-refractivity contribution < 1.29 is 9.59 Å². The molecular formula is C12H20N2O2S. The first-order chi connectivity index (χ1) is 8.09. The van der Waals surface area contributed by atoms with Crippen LogP contribution in [0.25, 0.3) is 0 Å². The van der Waals surface area contributed by atoms with Gasteiger partial charge in [-0.1, -0.05) is 13.8 Å². The molecule has 0 aromatic heterocycles. The predicted octanol–water partition coefficient (Wildman–Crippen LogP) is 1.07. The van der Waals surface area contributed by atoms with E-state index in [1.165, 1.54) is 0 Å². The summed E-state index contributed by atoms with van der Waals surface area (Å²) < 4.78 is 0. The van der Waals surface area contributed by atoms with E-state index in [4.69, 9.17) is 0 Å². The third-order valence-electron chi connectivity index (χ3n) is 3.08. The fraction of sp³-hybridized carbons (Fsp3) is 0.833. The molecule has 1 aliphatic heterocycles. The monoisotopic (exact) mass is 256 g/mol. The van der Waals surface area contributed by atoms with Crippen LogP contribution < -0.4 is 5.32 Å². The standard InChI is InChI=1S/C12H20N2O2S/c1-8(2)5-13-11(15)10-6-17-7-14(10)12(16)9-3-4-9/h8-10H,3-7H2,1-2H3,(H,13,15). The number of carbonyl (C=O) groups excluding carboxylic acids is 2. The van der Waals surface area contributed by atoms with Crippen LogP contribution in [0.2, 0.25) is 0 Å².